The monoisotopic (exact) mass is 422 g/mol. The smallest absolute Gasteiger partial charge is 0.277 e. The van der Waals surface area contributed by atoms with Crippen LogP contribution in [0.4, 0.5) is 16.5 Å². The number of rotatable bonds is 4. The molecule has 0 saturated carbocycles. The van der Waals surface area contributed by atoms with Crippen molar-refractivity contribution in [3.8, 4) is 0 Å². The summed E-state index contributed by atoms with van der Waals surface area (Å²) in [6.07, 6.45) is 0. The molecular weight excluding hydrogens is 416 g/mol. The number of aromatic nitrogens is 1. The zero-order valence-corrected chi connectivity index (χ0v) is 14.5. The zero-order chi connectivity index (χ0) is 18.1. The molecule has 0 saturated heterocycles. The normalized spacial score (nSPS) is 10.6. The number of hydrogen-bond donors (Lipinski definition) is 1. The first-order valence-electron chi connectivity index (χ1n) is 6.65. The molecule has 1 aromatic heterocycles. The quantitative estimate of drug-likeness (QED) is 0.496. The number of non-ortho nitro benzene ring substituents is 2. The number of amides is 1. The Kier molecular flexibility index (Phi) is 4.42. The van der Waals surface area contributed by atoms with Gasteiger partial charge in [0.05, 0.1) is 31.7 Å². The number of para-hydroxylation sites is 1. The maximum atomic E-state index is 12.3. The van der Waals surface area contributed by atoms with E-state index in [0.717, 1.165) is 27.4 Å². The lowest BCUT2D eigenvalue weighted by Gasteiger charge is -2.02. The number of nitro benzene ring substituents is 2. The Hall–Kier alpha value is -2.92. The fraction of sp³-hybridized carbons (Fsp3) is 0. The van der Waals surface area contributed by atoms with E-state index in [0.29, 0.717) is 5.52 Å². The van der Waals surface area contributed by atoms with Gasteiger partial charge < -0.3 is 0 Å². The molecule has 3 aromatic rings. The van der Waals surface area contributed by atoms with Crippen molar-refractivity contribution in [3.05, 3.63) is 66.7 Å². The Balaban J connectivity index is 1.95. The molecule has 2 aromatic carbocycles. The molecule has 0 aliphatic heterocycles. The van der Waals surface area contributed by atoms with Crippen LogP contribution in [0.5, 0.6) is 0 Å². The van der Waals surface area contributed by atoms with Gasteiger partial charge in [-0.15, -0.1) is 0 Å². The average Bonchev–Trinajstić information content (AvgIpc) is 2.98. The van der Waals surface area contributed by atoms with E-state index in [9.17, 15) is 25.0 Å². The van der Waals surface area contributed by atoms with Gasteiger partial charge >= 0.3 is 0 Å². The third-order valence-electron chi connectivity index (χ3n) is 3.18. The number of fused-ring (bicyclic) bond motifs is 1. The Morgan fingerprint density at radius 2 is 1.76 bits per heavy atom. The number of nitrogens with one attached hydrogen (secondary N) is 1. The van der Waals surface area contributed by atoms with Gasteiger partial charge in [-0.3, -0.25) is 30.3 Å². The second-order valence-corrected chi connectivity index (χ2v) is 6.70. The maximum absolute atomic E-state index is 12.3. The summed E-state index contributed by atoms with van der Waals surface area (Å²) in [5, 5.41) is 24.6. The minimum Gasteiger partial charge on any atom is -0.298 e. The van der Waals surface area contributed by atoms with Gasteiger partial charge in [-0.2, -0.15) is 0 Å². The van der Waals surface area contributed by atoms with Crippen molar-refractivity contribution >= 4 is 59.9 Å². The molecule has 0 atom stereocenters. The molecule has 126 valence electrons. The molecule has 1 N–H and O–H groups in total. The summed E-state index contributed by atoms with van der Waals surface area (Å²) >= 11 is 4.57. The topological polar surface area (TPSA) is 128 Å². The van der Waals surface area contributed by atoms with Crippen molar-refractivity contribution in [1.29, 1.82) is 0 Å². The second kappa shape index (κ2) is 6.53. The number of thiazole rings is 1. The van der Waals surface area contributed by atoms with Crippen LogP contribution >= 0.6 is 27.3 Å². The highest BCUT2D eigenvalue weighted by molar-refractivity contribution is 9.10. The van der Waals surface area contributed by atoms with Gasteiger partial charge in [0.25, 0.3) is 17.3 Å². The van der Waals surface area contributed by atoms with Crippen molar-refractivity contribution in [2.24, 2.45) is 0 Å². The van der Waals surface area contributed by atoms with E-state index in [1.54, 1.807) is 6.07 Å². The summed E-state index contributed by atoms with van der Waals surface area (Å²) in [5.41, 5.74) is -0.607. The van der Waals surface area contributed by atoms with Crippen LogP contribution in [0.15, 0.2) is 40.9 Å². The number of carbonyl (C=O) groups is 1. The van der Waals surface area contributed by atoms with E-state index >= 15 is 0 Å². The van der Waals surface area contributed by atoms with Crippen molar-refractivity contribution in [3.63, 3.8) is 0 Å². The van der Waals surface area contributed by atoms with E-state index in [4.69, 9.17) is 0 Å². The van der Waals surface area contributed by atoms with Gasteiger partial charge in [-0.25, -0.2) is 4.98 Å². The Morgan fingerprint density at radius 3 is 2.32 bits per heavy atom. The largest absolute Gasteiger partial charge is 0.298 e. The Labute approximate surface area is 151 Å². The number of benzene rings is 2. The minimum atomic E-state index is -0.793. The van der Waals surface area contributed by atoms with Crippen molar-refractivity contribution in [2.45, 2.75) is 0 Å². The number of halogens is 1. The predicted molar refractivity (Wildman–Crippen MR) is 95.0 cm³/mol. The molecule has 1 heterocycles. The molecule has 0 unspecified atom stereocenters. The highest BCUT2D eigenvalue weighted by Crippen LogP contribution is 2.31. The Bertz CT molecular complexity index is 1000. The number of nitro groups is 2. The maximum Gasteiger partial charge on any atom is 0.277 e. The van der Waals surface area contributed by atoms with Crippen LogP contribution in [-0.2, 0) is 0 Å². The van der Waals surface area contributed by atoms with Crippen LogP contribution in [0.25, 0.3) is 10.2 Å². The number of hydrogen-bond acceptors (Lipinski definition) is 7. The van der Waals surface area contributed by atoms with Crippen LogP contribution in [0.2, 0.25) is 0 Å². The van der Waals surface area contributed by atoms with Gasteiger partial charge in [0.1, 0.15) is 0 Å². The lowest BCUT2D eigenvalue weighted by Crippen LogP contribution is -2.12. The van der Waals surface area contributed by atoms with E-state index < -0.39 is 27.1 Å². The summed E-state index contributed by atoms with van der Waals surface area (Å²) in [5.74, 6) is -0.720. The third-order valence-corrected chi connectivity index (χ3v) is 4.75. The van der Waals surface area contributed by atoms with E-state index in [-0.39, 0.29) is 10.7 Å². The van der Waals surface area contributed by atoms with Gasteiger partial charge in [0.2, 0.25) is 0 Å². The average molecular weight is 423 g/mol. The molecule has 0 aliphatic rings. The van der Waals surface area contributed by atoms with Gasteiger partial charge in [0, 0.05) is 16.6 Å². The molecule has 0 radical (unpaired) electrons. The molecule has 25 heavy (non-hydrogen) atoms. The van der Waals surface area contributed by atoms with Crippen LogP contribution in [-0.4, -0.2) is 20.7 Å². The van der Waals surface area contributed by atoms with Crippen molar-refractivity contribution < 1.29 is 14.6 Å². The first-order valence-corrected chi connectivity index (χ1v) is 8.26. The van der Waals surface area contributed by atoms with Crippen molar-refractivity contribution in [2.75, 3.05) is 5.32 Å². The summed E-state index contributed by atoms with van der Waals surface area (Å²) in [4.78, 5) is 36.8. The summed E-state index contributed by atoms with van der Waals surface area (Å²) in [6, 6.07) is 8.20. The fourth-order valence-electron chi connectivity index (χ4n) is 2.07. The lowest BCUT2D eigenvalue weighted by atomic mass is 10.1. The number of anilines is 1. The first kappa shape index (κ1) is 16.9. The highest BCUT2D eigenvalue weighted by Gasteiger charge is 2.20. The number of nitrogens with zero attached hydrogens (tertiary/aromatic N) is 3. The SMILES string of the molecule is O=C(Nc1nc2c(Br)cccc2s1)c1cc([N+](=O)[O-])cc([N+](=O)[O-])c1. The standard InChI is InChI=1S/C14H7BrN4O5S/c15-10-2-1-3-11-12(10)16-14(25-11)17-13(20)7-4-8(18(21)22)6-9(5-7)19(23)24/h1-6H,(H,16,17,20). The zero-order valence-electron chi connectivity index (χ0n) is 12.1. The molecule has 0 aliphatic carbocycles. The van der Waals surface area contributed by atoms with E-state index in [2.05, 4.69) is 26.2 Å². The molecule has 11 heteroatoms. The predicted octanol–water partition coefficient (Wildman–Crippen LogP) is 4.13. The molecule has 0 fully saturated rings. The van der Waals surface area contributed by atoms with Crippen LogP contribution in [0, 0.1) is 20.2 Å². The molecule has 3 rings (SSSR count). The second-order valence-electron chi connectivity index (χ2n) is 4.81. The molecule has 0 spiro atoms. The minimum absolute atomic E-state index is 0.195. The highest BCUT2D eigenvalue weighted by atomic mass is 79.9. The van der Waals surface area contributed by atoms with E-state index in [1.807, 2.05) is 12.1 Å². The lowest BCUT2D eigenvalue weighted by molar-refractivity contribution is -0.394. The van der Waals surface area contributed by atoms with Gasteiger partial charge in [0.15, 0.2) is 5.13 Å². The van der Waals surface area contributed by atoms with Crippen molar-refractivity contribution in [1.82, 2.24) is 4.98 Å². The summed E-state index contributed by atoms with van der Waals surface area (Å²) in [7, 11) is 0. The van der Waals surface area contributed by atoms with E-state index in [1.165, 1.54) is 11.3 Å². The van der Waals surface area contributed by atoms with Crippen LogP contribution < -0.4 is 5.32 Å². The van der Waals surface area contributed by atoms with Gasteiger partial charge in [-0.1, -0.05) is 17.4 Å². The fourth-order valence-corrected chi connectivity index (χ4v) is 3.55. The molecular formula is C14H7BrN4O5S. The molecule has 9 nitrogen and oxygen atoms in total. The first-order chi connectivity index (χ1) is 11.8. The number of carbonyl (C=O) groups excluding carboxylic acids is 1. The summed E-state index contributed by atoms with van der Waals surface area (Å²) in [6.45, 7) is 0. The Morgan fingerprint density at radius 1 is 1.12 bits per heavy atom. The molecule has 1 amide bonds. The molecule has 0 bridgehead atoms. The van der Waals surface area contributed by atoms with Crippen LogP contribution in [0.1, 0.15) is 10.4 Å². The van der Waals surface area contributed by atoms with Crippen LogP contribution in [0.3, 0.4) is 0 Å². The van der Waals surface area contributed by atoms with Gasteiger partial charge in [-0.05, 0) is 28.1 Å². The third kappa shape index (κ3) is 3.46. The summed E-state index contributed by atoms with van der Waals surface area (Å²) < 4.78 is 1.59.